The summed E-state index contributed by atoms with van der Waals surface area (Å²) in [6, 6.07) is 6.04. The van der Waals surface area contributed by atoms with E-state index in [0.717, 1.165) is 42.2 Å². The van der Waals surface area contributed by atoms with Crippen molar-refractivity contribution in [3.8, 4) is 0 Å². The number of carbonyl (C=O) groups excluding carboxylic acids is 1. The summed E-state index contributed by atoms with van der Waals surface area (Å²) in [6.45, 7) is 11.4. The fraction of sp³-hybridized carbons (Fsp3) is 0.533. The largest absolute Gasteiger partial charge is 0.316 e. The number of para-hydroxylation sites is 1. The first kappa shape index (κ1) is 16.1. The van der Waals surface area contributed by atoms with Gasteiger partial charge in [-0.05, 0) is 38.1 Å². The van der Waals surface area contributed by atoms with E-state index in [1.807, 2.05) is 32.0 Å². The third kappa shape index (κ3) is 5.25. The molecule has 4 heteroatoms. The highest BCUT2D eigenvalue weighted by molar-refractivity contribution is 8.13. The van der Waals surface area contributed by atoms with Gasteiger partial charge in [-0.1, -0.05) is 43.8 Å². The molecule has 0 bridgehead atoms. The van der Waals surface area contributed by atoms with Gasteiger partial charge in [0.05, 0.1) is 0 Å². The van der Waals surface area contributed by atoms with Crippen molar-refractivity contribution in [3.63, 3.8) is 0 Å². The number of aryl methyl sites for hydroxylation is 2. The first-order valence-corrected chi connectivity index (χ1v) is 7.79. The van der Waals surface area contributed by atoms with Crippen LogP contribution in [0.4, 0.5) is 10.5 Å². The summed E-state index contributed by atoms with van der Waals surface area (Å²) < 4.78 is 0. The van der Waals surface area contributed by atoms with Gasteiger partial charge in [-0.15, -0.1) is 0 Å². The maximum Gasteiger partial charge on any atom is 0.283 e. The minimum Gasteiger partial charge on any atom is -0.316 e. The van der Waals surface area contributed by atoms with Crippen LogP contribution in [0.3, 0.4) is 0 Å². The van der Waals surface area contributed by atoms with Gasteiger partial charge in [0.25, 0.3) is 5.24 Å². The number of hydrogen-bond acceptors (Lipinski definition) is 3. The third-order valence-electron chi connectivity index (χ3n) is 3.24. The van der Waals surface area contributed by atoms with E-state index >= 15 is 0 Å². The van der Waals surface area contributed by atoms with Gasteiger partial charge in [0, 0.05) is 18.0 Å². The van der Waals surface area contributed by atoms with E-state index in [1.54, 1.807) is 0 Å². The predicted molar refractivity (Wildman–Crippen MR) is 85.2 cm³/mol. The SMILES string of the molecule is CCN(CC)CCSC(=O)Nc1c(C)cccc1C. The van der Waals surface area contributed by atoms with E-state index in [2.05, 4.69) is 24.1 Å². The molecule has 0 aliphatic carbocycles. The highest BCUT2D eigenvalue weighted by atomic mass is 32.2. The Labute approximate surface area is 120 Å². The molecule has 1 aromatic rings. The van der Waals surface area contributed by atoms with Gasteiger partial charge in [0.1, 0.15) is 0 Å². The molecule has 0 spiro atoms. The molecule has 3 nitrogen and oxygen atoms in total. The van der Waals surface area contributed by atoms with Gasteiger partial charge < -0.3 is 10.2 Å². The van der Waals surface area contributed by atoms with E-state index < -0.39 is 0 Å². The second-order valence-electron chi connectivity index (χ2n) is 4.55. The van der Waals surface area contributed by atoms with Crippen molar-refractivity contribution >= 4 is 22.7 Å². The summed E-state index contributed by atoms with van der Waals surface area (Å²) in [5, 5.41) is 3.03. The average Bonchev–Trinajstić information content (AvgIpc) is 2.39. The van der Waals surface area contributed by atoms with E-state index in [-0.39, 0.29) is 5.24 Å². The second-order valence-corrected chi connectivity index (χ2v) is 5.62. The van der Waals surface area contributed by atoms with Crippen LogP contribution in [0.25, 0.3) is 0 Å². The van der Waals surface area contributed by atoms with E-state index in [1.165, 1.54) is 11.8 Å². The number of rotatable bonds is 6. The van der Waals surface area contributed by atoms with Crippen LogP contribution in [0.2, 0.25) is 0 Å². The molecule has 0 aliphatic rings. The lowest BCUT2D eigenvalue weighted by Crippen LogP contribution is -2.26. The molecule has 0 saturated heterocycles. The molecule has 0 aromatic heterocycles. The molecule has 1 aromatic carbocycles. The molecule has 0 saturated carbocycles. The van der Waals surface area contributed by atoms with Gasteiger partial charge >= 0.3 is 0 Å². The molecule has 0 fully saturated rings. The molecule has 0 radical (unpaired) electrons. The van der Waals surface area contributed by atoms with Crippen molar-refractivity contribution in [1.29, 1.82) is 0 Å². The maximum absolute atomic E-state index is 11.9. The quantitative estimate of drug-likeness (QED) is 0.857. The van der Waals surface area contributed by atoms with Crippen LogP contribution >= 0.6 is 11.8 Å². The standard InChI is InChI=1S/C15H24N2OS/c1-5-17(6-2)10-11-19-15(18)16-14-12(3)8-7-9-13(14)4/h7-9H,5-6,10-11H2,1-4H3,(H,16,18). The van der Waals surface area contributed by atoms with Crippen molar-refractivity contribution < 1.29 is 4.79 Å². The van der Waals surface area contributed by atoms with Crippen LogP contribution in [-0.4, -0.2) is 35.5 Å². The first-order valence-electron chi connectivity index (χ1n) is 6.80. The maximum atomic E-state index is 11.9. The van der Waals surface area contributed by atoms with E-state index in [0.29, 0.717) is 0 Å². The molecular formula is C15H24N2OS. The van der Waals surface area contributed by atoms with Crippen LogP contribution in [0.5, 0.6) is 0 Å². The smallest absolute Gasteiger partial charge is 0.283 e. The zero-order valence-electron chi connectivity index (χ0n) is 12.3. The monoisotopic (exact) mass is 280 g/mol. The number of anilines is 1. The zero-order chi connectivity index (χ0) is 14.3. The van der Waals surface area contributed by atoms with Crippen LogP contribution in [0.1, 0.15) is 25.0 Å². The number of nitrogens with zero attached hydrogens (tertiary/aromatic N) is 1. The minimum atomic E-state index is 0.0320. The molecule has 0 atom stereocenters. The second kappa shape index (κ2) is 8.23. The Balaban J connectivity index is 2.43. The van der Waals surface area contributed by atoms with Gasteiger partial charge in [0.15, 0.2) is 0 Å². The Kier molecular flexibility index (Phi) is 6.95. The lowest BCUT2D eigenvalue weighted by Gasteiger charge is -2.17. The van der Waals surface area contributed by atoms with Crippen LogP contribution in [-0.2, 0) is 0 Å². The van der Waals surface area contributed by atoms with Gasteiger partial charge in [-0.25, -0.2) is 0 Å². The molecule has 1 amide bonds. The van der Waals surface area contributed by atoms with Gasteiger partial charge in [0.2, 0.25) is 0 Å². The number of nitrogens with one attached hydrogen (secondary N) is 1. The molecule has 0 heterocycles. The molecule has 106 valence electrons. The van der Waals surface area contributed by atoms with Crippen molar-refractivity contribution in [2.75, 3.05) is 30.7 Å². The molecular weight excluding hydrogens is 256 g/mol. The summed E-state index contributed by atoms with van der Waals surface area (Å²) in [5.41, 5.74) is 3.17. The lowest BCUT2D eigenvalue weighted by molar-refractivity contribution is 0.269. The summed E-state index contributed by atoms with van der Waals surface area (Å²) in [7, 11) is 0. The predicted octanol–water partition coefficient (Wildman–Crippen LogP) is 3.91. The third-order valence-corrected chi connectivity index (χ3v) is 3.99. The number of amides is 1. The van der Waals surface area contributed by atoms with Gasteiger partial charge in [-0.3, -0.25) is 4.79 Å². The first-order chi connectivity index (χ1) is 9.08. The number of carbonyl (C=O) groups is 1. The van der Waals surface area contributed by atoms with E-state index in [4.69, 9.17) is 0 Å². The highest BCUT2D eigenvalue weighted by Crippen LogP contribution is 2.21. The van der Waals surface area contributed by atoms with Crippen LogP contribution < -0.4 is 5.32 Å². The summed E-state index contributed by atoms with van der Waals surface area (Å²) in [6.07, 6.45) is 0. The highest BCUT2D eigenvalue weighted by Gasteiger charge is 2.08. The minimum absolute atomic E-state index is 0.0320. The average molecular weight is 280 g/mol. The topological polar surface area (TPSA) is 32.3 Å². The van der Waals surface area contributed by atoms with Crippen LogP contribution in [0.15, 0.2) is 18.2 Å². The van der Waals surface area contributed by atoms with Crippen LogP contribution in [0, 0.1) is 13.8 Å². The summed E-state index contributed by atoms with van der Waals surface area (Å²) in [5.74, 6) is 0.832. The van der Waals surface area contributed by atoms with Crippen molar-refractivity contribution in [2.45, 2.75) is 27.7 Å². The van der Waals surface area contributed by atoms with Gasteiger partial charge in [-0.2, -0.15) is 0 Å². The molecule has 19 heavy (non-hydrogen) atoms. The van der Waals surface area contributed by atoms with Crippen molar-refractivity contribution in [1.82, 2.24) is 4.90 Å². The Bertz CT molecular complexity index is 396. The van der Waals surface area contributed by atoms with Crippen molar-refractivity contribution in [2.24, 2.45) is 0 Å². The molecule has 0 unspecified atom stereocenters. The fourth-order valence-corrected chi connectivity index (χ4v) is 2.67. The fourth-order valence-electron chi connectivity index (χ4n) is 1.96. The zero-order valence-corrected chi connectivity index (χ0v) is 13.1. The van der Waals surface area contributed by atoms with Crippen molar-refractivity contribution in [3.05, 3.63) is 29.3 Å². The Morgan fingerprint density at radius 2 is 1.79 bits per heavy atom. The van der Waals surface area contributed by atoms with E-state index in [9.17, 15) is 4.79 Å². The normalized spacial score (nSPS) is 10.8. The number of benzene rings is 1. The summed E-state index contributed by atoms with van der Waals surface area (Å²) >= 11 is 1.36. The Morgan fingerprint density at radius 3 is 2.32 bits per heavy atom. The summed E-state index contributed by atoms with van der Waals surface area (Å²) in [4.78, 5) is 14.2. The molecule has 1 N–H and O–H groups in total. The molecule has 1 rings (SSSR count). The number of thioether (sulfide) groups is 1. The lowest BCUT2D eigenvalue weighted by atomic mass is 10.1. The Morgan fingerprint density at radius 1 is 1.21 bits per heavy atom. The number of hydrogen-bond donors (Lipinski definition) is 1. The Hall–Kier alpha value is -1.00. The molecule has 0 aliphatic heterocycles.